The molecule has 0 amide bonds. The molecule has 1 saturated heterocycles. The predicted molar refractivity (Wildman–Crippen MR) is 84.9 cm³/mol. The molecule has 6 heteroatoms. The summed E-state index contributed by atoms with van der Waals surface area (Å²) >= 11 is 14.0. The first-order valence-electron chi connectivity index (χ1n) is 6.49. The summed E-state index contributed by atoms with van der Waals surface area (Å²) in [6.07, 6.45) is 0.169. The predicted octanol–water partition coefficient (Wildman–Crippen LogP) is 3.95. The van der Waals surface area contributed by atoms with Gasteiger partial charge in [-0.05, 0) is 24.6 Å². The summed E-state index contributed by atoms with van der Waals surface area (Å²) in [5, 5.41) is 10.3. The van der Waals surface area contributed by atoms with Crippen molar-refractivity contribution in [2.75, 3.05) is 18.1 Å². The van der Waals surface area contributed by atoms with Gasteiger partial charge in [0.1, 0.15) is 0 Å². The summed E-state index contributed by atoms with van der Waals surface area (Å²) in [7, 11) is 0. The Morgan fingerprint density at radius 3 is 2.95 bits per heavy atom. The first-order chi connectivity index (χ1) is 9.49. The first-order valence-corrected chi connectivity index (χ1v) is 8.40. The Kier molecular flexibility index (Phi) is 5.61. The van der Waals surface area contributed by atoms with Gasteiger partial charge in [-0.3, -0.25) is 9.69 Å². The first kappa shape index (κ1) is 16.0. The molecule has 1 fully saturated rings. The number of thioether (sulfide) groups is 1. The maximum atomic E-state index is 11.0. The highest BCUT2D eigenvalue weighted by atomic mass is 35.5. The third-order valence-corrected chi connectivity index (χ3v) is 5.25. The number of aliphatic carboxylic acids is 1. The van der Waals surface area contributed by atoms with Crippen LogP contribution < -0.4 is 0 Å². The molecule has 1 heterocycles. The smallest absolute Gasteiger partial charge is 0.304 e. The van der Waals surface area contributed by atoms with Crippen molar-refractivity contribution in [3.8, 4) is 0 Å². The van der Waals surface area contributed by atoms with Crippen LogP contribution in [0, 0.1) is 0 Å². The fourth-order valence-corrected chi connectivity index (χ4v) is 4.23. The van der Waals surface area contributed by atoms with Crippen molar-refractivity contribution in [2.45, 2.75) is 25.4 Å². The topological polar surface area (TPSA) is 40.5 Å². The number of nitrogens with zero attached hydrogens (tertiary/aromatic N) is 1. The molecule has 0 aliphatic carbocycles. The highest BCUT2D eigenvalue weighted by Crippen LogP contribution is 2.33. The molecule has 1 aliphatic rings. The second-order valence-corrected chi connectivity index (χ2v) is 6.90. The van der Waals surface area contributed by atoms with Gasteiger partial charge in [0.25, 0.3) is 0 Å². The molecule has 1 aromatic rings. The fourth-order valence-electron chi connectivity index (χ4n) is 2.57. The van der Waals surface area contributed by atoms with E-state index in [1.165, 1.54) is 0 Å². The van der Waals surface area contributed by atoms with Gasteiger partial charge in [-0.1, -0.05) is 29.3 Å². The minimum atomic E-state index is -0.753. The molecule has 2 atom stereocenters. The number of rotatable bonds is 4. The zero-order valence-electron chi connectivity index (χ0n) is 11.2. The Morgan fingerprint density at radius 1 is 1.55 bits per heavy atom. The Labute approximate surface area is 133 Å². The lowest BCUT2D eigenvalue weighted by atomic mass is 10.0. The van der Waals surface area contributed by atoms with Crippen molar-refractivity contribution < 1.29 is 9.90 Å². The van der Waals surface area contributed by atoms with Crippen LogP contribution in [-0.4, -0.2) is 40.1 Å². The quantitative estimate of drug-likeness (QED) is 0.905. The Balaban J connectivity index is 2.20. The summed E-state index contributed by atoms with van der Waals surface area (Å²) in [5.74, 6) is 1.12. The number of benzene rings is 1. The van der Waals surface area contributed by atoms with Crippen LogP contribution in [0.4, 0.5) is 0 Å². The molecule has 1 aliphatic heterocycles. The van der Waals surface area contributed by atoms with Gasteiger partial charge in [0, 0.05) is 40.2 Å². The lowest BCUT2D eigenvalue weighted by Crippen LogP contribution is -2.44. The fraction of sp³-hybridized carbons (Fsp3) is 0.500. The number of halogens is 2. The van der Waals surface area contributed by atoms with Crippen LogP contribution in [0.1, 0.15) is 24.9 Å². The van der Waals surface area contributed by atoms with E-state index in [4.69, 9.17) is 28.3 Å². The minimum Gasteiger partial charge on any atom is -0.481 e. The highest BCUT2D eigenvalue weighted by Gasteiger charge is 2.30. The molecule has 1 aromatic carbocycles. The van der Waals surface area contributed by atoms with Crippen LogP contribution in [0.5, 0.6) is 0 Å². The van der Waals surface area contributed by atoms with E-state index in [1.807, 2.05) is 23.9 Å². The van der Waals surface area contributed by atoms with Gasteiger partial charge < -0.3 is 5.11 Å². The lowest BCUT2D eigenvalue weighted by molar-refractivity contribution is -0.138. The van der Waals surface area contributed by atoms with Crippen LogP contribution in [0.15, 0.2) is 18.2 Å². The maximum Gasteiger partial charge on any atom is 0.304 e. The number of carboxylic acids is 1. The van der Waals surface area contributed by atoms with E-state index < -0.39 is 5.97 Å². The zero-order valence-corrected chi connectivity index (χ0v) is 13.5. The van der Waals surface area contributed by atoms with Crippen LogP contribution in [0.3, 0.4) is 0 Å². The van der Waals surface area contributed by atoms with E-state index in [9.17, 15) is 4.79 Å². The lowest BCUT2D eigenvalue weighted by Gasteiger charge is -2.39. The zero-order chi connectivity index (χ0) is 14.7. The second-order valence-electron chi connectivity index (χ2n) is 4.91. The van der Waals surface area contributed by atoms with E-state index >= 15 is 0 Å². The summed E-state index contributed by atoms with van der Waals surface area (Å²) in [4.78, 5) is 13.2. The molecule has 2 rings (SSSR count). The third-order valence-electron chi connectivity index (χ3n) is 3.59. The minimum absolute atomic E-state index is 0.0491. The normalized spacial score (nSPS) is 21.6. The Morgan fingerprint density at radius 2 is 2.30 bits per heavy atom. The number of hydrogen-bond acceptors (Lipinski definition) is 3. The molecule has 1 N–H and O–H groups in total. The van der Waals surface area contributed by atoms with Gasteiger partial charge in [0.15, 0.2) is 0 Å². The third kappa shape index (κ3) is 3.82. The van der Waals surface area contributed by atoms with Crippen molar-refractivity contribution in [3.63, 3.8) is 0 Å². The van der Waals surface area contributed by atoms with Crippen molar-refractivity contribution in [1.29, 1.82) is 0 Å². The summed E-state index contributed by atoms with van der Waals surface area (Å²) < 4.78 is 0. The SMILES string of the molecule is CC(c1ccc(Cl)cc1Cl)N1CCSCC1CC(=O)O. The molecular formula is C14H17Cl2NO2S. The maximum absolute atomic E-state index is 11.0. The van der Waals surface area contributed by atoms with Crippen molar-refractivity contribution in [3.05, 3.63) is 33.8 Å². The van der Waals surface area contributed by atoms with Crippen LogP contribution in [0.25, 0.3) is 0 Å². The van der Waals surface area contributed by atoms with E-state index in [2.05, 4.69) is 11.8 Å². The van der Waals surface area contributed by atoms with Crippen molar-refractivity contribution in [1.82, 2.24) is 4.90 Å². The highest BCUT2D eigenvalue weighted by molar-refractivity contribution is 7.99. The van der Waals surface area contributed by atoms with Gasteiger partial charge in [-0.25, -0.2) is 0 Å². The van der Waals surface area contributed by atoms with Gasteiger partial charge in [-0.15, -0.1) is 0 Å². The monoisotopic (exact) mass is 333 g/mol. The largest absolute Gasteiger partial charge is 0.481 e. The number of carbonyl (C=O) groups is 1. The Bertz CT molecular complexity index is 498. The molecule has 20 heavy (non-hydrogen) atoms. The number of hydrogen-bond donors (Lipinski definition) is 1. The molecule has 2 unspecified atom stereocenters. The molecule has 3 nitrogen and oxygen atoms in total. The average molecular weight is 334 g/mol. The second kappa shape index (κ2) is 7.03. The molecule has 0 bridgehead atoms. The summed E-state index contributed by atoms with van der Waals surface area (Å²) in [5.41, 5.74) is 0.998. The van der Waals surface area contributed by atoms with E-state index in [0.717, 1.165) is 23.6 Å². The molecule has 0 spiro atoms. The van der Waals surface area contributed by atoms with Crippen LogP contribution in [-0.2, 0) is 4.79 Å². The average Bonchev–Trinajstić information content (AvgIpc) is 2.38. The van der Waals surface area contributed by atoms with Gasteiger partial charge in [-0.2, -0.15) is 11.8 Å². The van der Waals surface area contributed by atoms with Gasteiger partial charge >= 0.3 is 5.97 Å². The Hall–Kier alpha value is -0.420. The summed E-state index contributed by atoms with van der Waals surface area (Å²) in [6, 6.07) is 5.62. The molecular weight excluding hydrogens is 317 g/mol. The summed E-state index contributed by atoms with van der Waals surface area (Å²) in [6.45, 7) is 2.95. The van der Waals surface area contributed by atoms with Gasteiger partial charge in [0.2, 0.25) is 0 Å². The van der Waals surface area contributed by atoms with Gasteiger partial charge in [0.05, 0.1) is 6.42 Å². The van der Waals surface area contributed by atoms with Crippen LogP contribution in [0.2, 0.25) is 10.0 Å². The molecule has 0 aromatic heterocycles. The van der Waals surface area contributed by atoms with Crippen molar-refractivity contribution >= 4 is 40.9 Å². The van der Waals surface area contributed by atoms with E-state index in [1.54, 1.807) is 6.07 Å². The molecule has 110 valence electrons. The molecule has 0 radical (unpaired) electrons. The number of carboxylic acid groups (broad SMARTS) is 1. The van der Waals surface area contributed by atoms with E-state index in [-0.39, 0.29) is 18.5 Å². The van der Waals surface area contributed by atoms with E-state index in [0.29, 0.717) is 10.0 Å². The van der Waals surface area contributed by atoms with Crippen molar-refractivity contribution in [2.24, 2.45) is 0 Å². The standard InChI is InChI=1S/C14H17Cl2NO2S/c1-9(12-3-2-10(15)6-13(12)16)17-4-5-20-8-11(17)7-14(18)19/h2-3,6,9,11H,4-5,7-8H2,1H3,(H,18,19). The van der Waals surface area contributed by atoms with Crippen LogP contribution >= 0.6 is 35.0 Å². The molecule has 0 saturated carbocycles.